The van der Waals surface area contributed by atoms with Crippen molar-refractivity contribution in [3.05, 3.63) is 100 Å². The quantitative estimate of drug-likeness (QED) is 0.272. The minimum Gasteiger partial charge on any atom is -0.396 e. The third kappa shape index (κ3) is 4.81. The average molecular weight is 482 g/mol. The second-order valence-corrected chi connectivity index (χ2v) is 8.91. The molecule has 2 aliphatic heterocycles. The van der Waals surface area contributed by atoms with Gasteiger partial charge in [0.05, 0.1) is 12.2 Å². The molecule has 1 spiro atoms. The highest BCUT2D eigenvalue weighted by molar-refractivity contribution is 6.12. The summed E-state index contributed by atoms with van der Waals surface area (Å²) in [4.78, 5) is 11.4. The van der Waals surface area contributed by atoms with Crippen molar-refractivity contribution in [1.29, 1.82) is 0 Å². The Hall–Kier alpha value is -3.23. The van der Waals surface area contributed by atoms with Gasteiger partial charge in [-0.25, -0.2) is 13.8 Å². The van der Waals surface area contributed by atoms with Gasteiger partial charge in [-0.1, -0.05) is 29.4 Å². The molecule has 5 rings (SSSR count). The van der Waals surface area contributed by atoms with E-state index < -0.39 is 17.6 Å². The Balaban J connectivity index is 1.26. The molecule has 182 valence electrons. The van der Waals surface area contributed by atoms with Crippen molar-refractivity contribution < 1.29 is 22.7 Å². The molecule has 8 heteroatoms. The predicted molar refractivity (Wildman–Crippen MR) is 125 cm³/mol. The van der Waals surface area contributed by atoms with Crippen molar-refractivity contribution in [3.63, 3.8) is 0 Å². The Labute approximate surface area is 202 Å². The van der Waals surface area contributed by atoms with Gasteiger partial charge in [0, 0.05) is 42.5 Å². The number of fused-ring (bicyclic) bond motifs is 2. The zero-order chi connectivity index (χ0) is 24.4. The summed E-state index contributed by atoms with van der Waals surface area (Å²) < 4.78 is 46.8. The maximum atomic E-state index is 13.8. The van der Waals surface area contributed by atoms with Crippen LogP contribution in [0.4, 0.5) is 13.2 Å². The van der Waals surface area contributed by atoms with Crippen molar-refractivity contribution in [1.82, 2.24) is 9.88 Å². The van der Waals surface area contributed by atoms with E-state index in [1.165, 1.54) is 12.1 Å². The Bertz CT molecular complexity index is 1240. The highest BCUT2D eigenvalue weighted by Gasteiger charge is 2.43. The van der Waals surface area contributed by atoms with Gasteiger partial charge in [-0.15, -0.1) is 0 Å². The van der Waals surface area contributed by atoms with Crippen LogP contribution >= 0.6 is 0 Å². The molecule has 3 heterocycles. The smallest absolute Gasteiger partial charge is 0.213 e. The van der Waals surface area contributed by atoms with Crippen LogP contribution in [-0.2, 0) is 28.3 Å². The molecule has 0 bridgehead atoms. The van der Waals surface area contributed by atoms with Gasteiger partial charge in [0.25, 0.3) is 0 Å². The number of piperidine rings is 1. The number of aromatic nitrogens is 1. The molecular weight excluding hydrogens is 455 g/mol. The third-order valence-electron chi connectivity index (χ3n) is 6.73. The number of pyridine rings is 1. The fraction of sp³-hybridized carbons (Fsp3) is 0.333. The van der Waals surface area contributed by atoms with E-state index in [1.54, 1.807) is 6.20 Å². The maximum absolute atomic E-state index is 13.8. The topological polar surface area (TPSA) is 47.0 Å². The molecular formula is C27H26F3N3O2. The largest absolute Gasteiger partial charge is 0.396 e. The lowest BCUT2D eigenvalue weighted by Gasteiger charge is -2.39. The number of halogens is 3. The molecule has 0 N–H and O–H groups in total. The summed E-state index contributed by atoms with van der Waals surface area (Å²) >= 11 is 0. The number of oxime groups is 1. The lowest BCUT2D eigenvalue weighted by Crippen LogP contribution is -2.42. The number of likely N-dealkylation sites (tertiary alicyclic amines) is 1. The van der Waals surface area contributed by atoms with Crippen molar-refractivity contribution in [3.8, 4) is 0 Å². The molecule has 2 aliphatic rings. The van der Waals surface area contributed by atoms with Crippen LogP contribution in [0.5, 0.6) is 0 Å². The highest BCUT2D eigenvalue weighted by atomic mass is 19.2. The summed E-state index contributed by atoms with van der Waals surface area (Å²) in [6, 6.07) is 13.0. The molecule has 3 aromatic rings. The molecule has 5 nitrogen and oxygen atoms in total. The first kappa shape index (κ1) is 23.5. The van der Waals surface area contributed by atoms with Gasteiger partial charge in [-0.05, 0) is 55.2 Å². The van der Waals surface area contributed by atoms with Crippen LogP contribution in [0, 0.1) is 17.6 Å². The molecule has 0 saturated carbocycles. The fourth-order valence-corrected chi connectivity index (χ4v) is 4.85. The lowest BCUT2D eigenvalue weighted by atomic mass is 9.84. The average Bonchev–Trinajstić information content (AvgIpc) is 3.21. The van der Waals surface area contributed by atoms with Crippen LogP contribution in [-0.4, -0.2) is 35.3 Å². The normalized spacial score (nSPS) is 17.5. The third-order valence-corrected chi connectivity index (χ3v) is 6.73. The summed E-state index contributed by atoms with van der Waals surface area (Å²) in [7, 11) is 0. The second-order valence-electron chi connectivity index (χ2n) is 8.91. The van der Waals surface area contributed by atoms with E-state index in [9.17, 15) is 13.2 Å². The highest BCUT2D eigenvalue weighted by Crippen LogP contribution is 2.44. The lowest BCUT2D eigenvalue weighted by molar-refractivity contribution is -0.0800. The molecule has 1 fully saturated rings. The zero-order valence-electron chi connectivity index (χ0n) is 19.4. The molecule has 1 saturated heterocycles. The molecule has 0 aliphatic carbocycles. The number of rotatable bonds is 6. The molecule has 0 unspecified atom stereocenters. The first-order valence-electron chi connectivity index (χ1n) is 11.7. The van der Waals surface area contributed by atoms with Crippen LogP contribution in [0.25, 0.3) is 0 Å². The Morgan fingerprint density at radius 1 is 1.03 bits per heavy atom. The van der Waals surface area contributed by atoms with E-state index in [-0.39, 0.29) is 5.60 Å². The predicted octanol–water partition coefficient (Wildman–Crippen LogP) is 5.31. The molecule has 2 aromatic carbocycles. The van der Waals surface area contributed by atoms with E-state index in [0.29, 0.717) is 24.5 Å². The SMILES string of the molecule is CCO/N=C(\c1ccc(CN2CCC3(CC2)OCc2cc(F)ncc23)cc1)c1ccc(F)c(F)c1. The summed E-state index contributed by atoms with van der Waals surface area (Å²) in [5.74, 6) is -2.30. The minimum absolute atomic E-state index is 0.362. The fourth-order valence-electron chi connectivity index (χ4n) is 4.85. The standard InChI is InChI=1S/C27H26F3N3O2/c1-2-35-32-26(20-7-8-23(28)24(29)13-20)19-5-3-18(4-6-19)16-33-11-9-27(10-12-33)22-15-31-25(30)14-21(22)17-34-27/h3-8,13-15H,2,9-12,16-17H2,1H3/b32-26+. The van der Waals surface area contributed by atoms with Crippen LogP contribution in [0.15, 0.2) is 59.9 Å². The van der Waals surface area contributed by atoms with Gasteiger partial charge in [-0.3, -0.25) is 4.90 Å². The Morgan fingerprint density at radius 2 is 1.77 bits per heavy atom. The summed E-state index contributed by atoms with van der Waals surface area (Å²) in [6.45, 7) is 5.08. The van der Waals surface area contributed by atoms with Crippen molar-refractivity contribution in [2.75, 3.05) is 19.7 Å². The maximum Gasteiger partial charge on any atom is 0.213 e. The van der Waals surface area contributed by atoms with Crippen molar-refractivity contribution in [2.24, 2.45) is 5.16 Å². The molecule has 1 aromatic heterocycles. The molecule has 0 radical (unpaired) electrons. The second kappa shape index (κ2) is 9.79. The summed E-state index contributed by atoms with van der Waals surface area (Å²) in [6.07, 6.45) is 3.28. The van der Waals surface area contributed by atoms with Crippen LogP contribution in [0.1, 0.15) is 47.6 Å². The summed E-state index contributed by atoms with van der Waals surface area (Å²) in [5.41, 5.74) is 4.31. The van der Waals surface area contributed by atoms with Gasteiger partial charge < -0.3 is 9.57 Å². The number of ether oxygens (including phenoxy) is 1. The van der Waals surface area contributed by atoms with Crippen molar-refractivity contribution >= 4 is 5.71 Å². The van der Waals surface area contributed by atoms with Gasteiger partial charge >= 0.3 is 0 Å². The molecule has 0 amide bonds. The van der Waals surface area contributed by atoms with Gasteiger partial charge in [0.15, 0.2) is 11.6 Å². The number of hydrogen-bond donors (Lipinski definition) is 0. The first-order chi connectivity index (χ1) is 17.0. The van der Waals surface area contributed by atoms with E-state index in [2.05, 4.69) is 15.0 Å². The van der Waals surface area contributed by atoms with Crippen LogP contribution in [0.2, 0.25) is 0 Å². The summed E-state index contributed by atoms with van der Waals surface area (Å²) in [5, 5.41) is 4.14. The van der Waals surface area contributed by atoms with Gasteiger partial charge in [-0.2, -0.15) is 4.39 Å². The van der Waals surface area contributed by atoms with Crippen LogP contribution < -0.4 is 0 Å². The number of benzene rings is 2. The van der Waals surface area contributed by atoms with E-state index >= 15 is 0 Å². The minimum atomic E-state index is -0.930. The molecule has 35 heavy (non-hydrogen) atoms. The first-order valence-corrected chi connectivity index (χ1v) is 11.7. The number of nitrogens with zero attached hydrogens (tertiary/aromatic N) is 3. The van der Waals surface area contributed by atoms with E-state index in [4.69, 9.17) is 9.57 Å². The monoisotopic (exact) mass is 481 g/mol. The van der Waals surface area contributed by atoms with Gasteiger partial charge in [0.2, 0.25) is 5.95 Å². The van der Waals surface area contributed by atoms with E-state index in [0.717, 1.165) is 66.9 Å². The number of hydrogen-bond acceptors (Lipinski definition) is 5. The van der Waals surface area contributed by atoms with Gasteiger partial charge in [0.1, 0.15) is 12.3 Å². The van der Waals surface area contributed by atoms with E-state index in [1.807, 2.05) is 31.2 Å². The Kier molecular flexibility index (Phi) is 6.58. The van der Waals surface area contributed by atoms with Crippen molar-refractivity contribution in [2.45, 2.75) is 38.5 Å². The van der Waals surface area contributed by atoms with Crippen LogP contribution in [0.3, 0.4) is 0 Å². The Morgan fingerprint density at radius 3 is 2.49 bits per heavy atom. The molecule has 0 atom stereocenters. The zero-order valence-corrected chi connectivity index (χ0v) is 19.4.